The highest BCUT2D eigenvalue weighted by Crippen LogP contribution is 2.36. The first-order chi connectivity index (χ1) is 5.98. The molecule has 0 amide bonds. The minimum absolute atomic E-state index is 0.842. The van der Waals surface area contributed by atoms with E-state index in [2.05, 4.69) is 6.92 Å². The lowest BCUT2D eigenvalue weighted by molar-refractivity contribution is 0.268. The molecule has 0 saturated heterocycles. The summed E-state index contributed by atoms with van der Waals surface area (Å²) >= 11 is 17.7. The van der Waals surface area contributed by atoms with E-state index in [0.29, 0.717) is 0 Å². The van der Waals surface area contributed by atoms with E-state index in [-0.39, 0.29) is 0 Å². The zero-order valence-corrected chi connectivity index (χ0v) is 10.7. The molecule has 1 N–H and O–H groups in total. The van der Waals surface area contributed by atoms with E-state index >= 15 is 0 Å². The van der Waals surface area contributed by atoms with Crippen LogP contribution in [0.5, 0.6) is 0 Å². The van der Waals surface area contributed by atoms with Crippen LogP contribution in [0.2, 0.25) is 0 Å². The second-order valence-electron chi connectivity index (χ2n) is 2.83. The highest BCUT2D eigenvalue weighted by Gasteiger charge is 2.30. The summed E-state index contributed by atoms with van der Waals surface area (Å²) in [5.41, 5.74) is -0.917. The van der Waals surface area contributed by atoms with Crippen molar-refractivity contribution in [3.8, 4) is 0 Å². The minimum atomic E-state index is -1.56. The third kappa shape index (κ3) is 8.19. The summed E-state index contributed by atoms with van der Waals surface area (Å²) in [6.45, 7) is 2.16. The van der Waals surface area contributed by atoms with Crippen LogP contribution in [0.25, 0.3) is 0 Å². The fourth-order valence-corrected chi connectivity index (χ4v) is 2.17. The fourth-order valence-electron chi connectivity index (χ4n) is 0.818. The number of thioether (sulfide) groups is 1. The van der Waals surface area contributed by atoms with Crippen LogP contribution in [0, 0.1) is 0 Å². The zero-order chi connectivity index (χ0) is 10.3. The molecule has 0 aliphatic rings. The molecule has 0 aromatic rings. The first-order valence-electron chi connectivity index (χ1n) is 4.35. The summed E-state index contributed by atoms with van der Waals surface area (Å²) in [7, 11) is 0. The number of unbranched alkanes of at least 4 members (excludes halogenated alkanes) is 3. The van der Waals surface area contributed by atoms with Gasteiger partial charge in [0, 0.05) is 0 Å². The molecule has 0 saturated carbocycles. The lowest BCUT2D eigenvalue weighted by Gasteiger charge is -2.17. The topological polar surface area (TPSA) is 20.2 Å². The lowest BCUT2D eigenvalue weighted by Crippen LogP contribution is -2.21. The van der Waals surface area contributed by atoms with Gasteiger partial charge in [-0.2, -0.15) is 0 Å². The Morgan fingerprint density at radius 3 is 2.31 bits per heavy atom. The van der Waals surface area contributed by atoms with E-state index in [1.54, 1.807) is 0 Å². The molecular weight excluding hydrogens is 251 g/mol. The first-order valence-corrected chi connectivity index (χ1v) is 6.53. The molecule has 0 aromatic heterocycles. The van der Waals surface area contributed by atoms with Gasteiger partial charge in [0.2, 0.25) is 3.79 Å². The van der Waals surface area contributed by atoms with Crippen molar-refractivity contribution in [1.29, 1.82) is 0 Å². The number of aliphatic hydroxyl groups excluding tert-OH is 1. The third-order valence-electron chi connectivity index (χ3n) is 1.55. The molecule has 0 fully saturated rings. The molecule has 0 bridgehead atoms. The van der Waals surface area contributed by atoms with Gasteiger partial charge in [0.1, 0.15) is 5.44 Å². The Hall–Kier alpha value is 1.18. The average Bonchev–Trinajstić information content (AvgIpc) is 2.02. The Morgan fingerprint density at radius 1 is 1.23 bits per heavy atom. The number of halogens is 3. The molecule has 0 heterocycles. The number of rotatable bonds is 6. The zero-order valence-electron chi connectivity index (χ0n) is 7.60. The van der Waals surface area contributed by atoms with Gasteiger partial charge in [-0.15, -0.1) is 11.8 Å². The van der Waals surface area contributed by atoms with Crippen molar-refractivity contribution in [3.05, 3.63) is 0 Å². The maximum Gasteiger partial charge on any atom is 0.225 e. The number of hydrogen-bond donors (Lipinski definition) is 1. The van der Waals surface area contributed by atoms with E-state index < -0.39 is 9.23 Å². The molecule has 5 heteroatoms. The molecular formula is C8H15Cl3OS. The van der Waals surface area contributed by atoms with Crippen LogP contribution in [-0.4, -0.2) is 20.1 Å². The van der Waals surface area contributed by atoms with Gasteiger partial charge in [-0.25, -0.2) is 0 Å². The largest absolute Gasteiger partial charge is 0.378 e. The van der Waals surface area contributed by atoms with Crippen molar-refractivity contribution in [1.82, 2.24) is 0 Å². The predicted octanol–water partition coefficient (Wildman–Crippen LogP) is 3.99. The van der Waals surface area contributed by atoms with Gasteiger partial charge in [0.15, 0.2) is 0 Å². The molecule has 1 unspecified atom stereocenters. The molecule has 80 valence electrons. The van der Waals surface area contributed by atoms with Gasteiger partial charge in [0.05, 0.1) is 0 Å². The van der Waals surface area contributed by atoms with E-state index in [1.807, 2.05) is 0 Å². The maximum atomic E-state index is 9.31. The Balaban J connectivity index is 3.32. The highest BCUT2D eigenvalue weighted by molar-refractivity contribution is 8.00. The molecule has 13 heavy (non-hydrogen) atoms. The number of aliphatic hydroxyl groups is 1. The van der Waals surface area contributed by atoms with Crippen molar-refractivity contribution >= 4 is 46.6 Å². The molecule has 0 spiro atoms. The Labute approximate surface area is 99.1 Å². The molecule has 0 aliphatic heterocycles. The second kappa shape index (κ2) is 7.47. The summed E-state index contributed by atoms with van der Waals surface area (Å²) in [6, 6.07) is 0. The first kappa shape index (κ1) is 14.2. The van der Waals surface area contributed by atoms with Crippen molar-refractivity contribution < 1.29 is 5.11 Å². The normalized spacial score (nSPS) is 14.5. The van der Waals surface area contributed by atoms with E-state index in [4.69, 9.17) is 34.8 Å². The maximum absolute atomic E-state index is 9.31. The van der Waals surface area contributed by atoms with Crippen LogP contribution in [0.4, 0.5) is 0 Å². The molecule has 0 radical (unpaired) electrons. The summed E-state index contributed by atoms with van der Waals surface area (Å²) in [6.07, 6.45) is 4.68. The fraction of sp³-hybridized carbons (Fsp3) is 1.00. The predicted molar refractivity (Wildman–Crippen MR) is 62.9 cm³/mol. The van der Waals surface area contributed by atoms with Gasteiger partial charge in [-0.1, -0.05) is 61.0 Å². The van der Waals surface area contributed by atoms with Gasteiger partial charge in [-0.3, -0.25) is 0 Å². The van der Waals surface area contributed by atoms with Crippen molar-refractivity contribution in [2.45, 2.75) is 41.8 Å². The smallest absolute Gasteiger partial charge is 0.225 e. The third-order valence-corrected chi connectivity index (χ3v) is 3.76. The van der Waals surface area contributed by atoms with Crippen LogP contribution >= 0.6 is 46.6 Å². The van der Waals surface area contributed by atoms with Crippen LogP contribution in [-0.2, 0) is 0 Å². The van der Waals surface area contributed by atoms with Crippen LogP contribution in [0.15, 0.2) is 0 Å². The quantitative estimate of drug-likeness (QED) is 0.445. The summed E-state index contributed by atoms with van der Waals surface area (Å²) in [5, 5.41) is 9.31. The SMILES string of the molecule is CCCCCCSC(O)C(Cl)(Cl)Cl. The minimum Gasteiger partial charge on any atom is -0.378 e. The van der Waals surface area contributed by atoms with Crippen LogP contribution in [0.1, 0.15) is 32.6 Å². The van der Waals surface area contributed by atoms with E-state index in [0.717, 1.165) is 12.2 Å². The van der Waals surface area contributed by atoms with Gasteiger partial charge >= 0.3 is 0 Å². The Kier molecular flexibility index (Phi) is 8.15. The van der Waals surface area contributed by atoms with E-state index in [1.165, 1.54) is 31.0 Å². The lowest BCUT2D eigenvalue weighted by atomic mass is 10.2. The van der Waals surface area contributed by atoms with Crippen molar-refractivity contribution in [2.24, 2.45) is 0 Å². The standard InChI is InChI=1S/C8H15Cl3OS/c1-2-3-4-5-6-13-7(12)8(9,10)11/h7,12H,2-6H2,1H3. The van der Waals surface area contributed by atoms with Crippen LogP contribution < -0.4 is 0 Å². The molecule has 0 aromatic carbocycles. The van der Waals surface area contributed by atoms with Crippen molar-refractivity contribution in [2.75, 3.05) is 5.75 Å². The Morgan fingerprint density at radius 2 is 1.85 bits per heavy atom. The molecule has 0 aliphatic carbocycles. The second-order valence-corrected chi connectivity index (χ2v) is 6.38. The molecule has 0 rings (SSSR count). The summed E-state index contributed by atoms with van der Waals surface area (Å²) in [5.74, 6) is 0.842. The van der Waals surface area contributed by atoms with E-state index in [9.17, 15) is 5.11 Å². The molecule has 1 nitrogen and oxygen atoms in total. The molecule has 1 atom stereocenters. The van der Waals surface area contributed by atoms with Crippen molar-refractivity contribution in [3.63, 3.8) is 0 Å². The van der Waals surface area contributed by atoms with Crippen LogP contribution in [0.3, 0.4) is 0 Å². The highest BCUT2D eigenvalue weighted by atomic mass is 35.6. The van der Waals surface area contributed by atoms with Gasteiger partial charge < -0.3 is 5.11 Å². The van der Waals surface area contributed by atoms with Gasteiger partial charge in [0.25, 0.3) is 0 Å². The summed E-state index contributed by atoms with van der Waals surface area (Å²) < 4.78 is -1.56. The monoisotopic (exact) mass is 264 g/mol. The Bertz CT molecular complexity index is 127. The van der Waals surface area contributed by atoms with Gasteiger partial charge in [-0.05, 0) is 12.2 Å². The average molecular weight is 266 g/mol. The number of hydrogen-bond acceptors (Lipinski definition) is 2. The number of alkyl halides is 3. The summed E-state index contributed by atoms with van der Waals surface area (Å²) in [4.78, 5) is 0.